The Kier molecular flexibility index (Phi) is 28.4. The number of ether oxygens (including phenoxy) is 7. The number of phenolic OH excluding ortho intramolecular Hbond substituents is 3. The molecule has 15 bridgehead atoms. The number of sulfonamides is 1. The minimum atomic E-state index is -3.47. The van der Waals surface area contributed by atoms with Gasteiger partial charge in [0.2, 0.25) is 69.3 Å². The second kappa shape index (κ2) is 38.9. The van der Waals surface area contributed by atoms with E-state index < -0.39 is 237 Å². The number of aliphatic hydroxyl groups is 6. The normalized spacial score (nSPS) is 29.9. The van der Waals surface area contributed by atoms with Gasteiger partial charge in [0.05, 0.1) is 49.2 Å². The first-order valence-corrected chi connectivity index (χ1v) is 44.8. The van der Waals surface area contributed by atoms with Crippen LogP contribution in [-0.2, 0) is 62.6 Å². The molecule has 17 rings (SSSR count). The lowest BCUT2D eigenvalue weighted by Gasteiger charge is -2.54. The fraction of sp³-hybridized carbons (Fsp3) is 0.489. The number of nitrogens with two attached hydrogens (primary N) is 1. The molecule has 0 spiro atoms. The van der Waals surface area contributed by atoms with Crippen LogP contribution < -0.4 is 82.6 Å². The first kappa shape index (κ1) is 94.0. The molecule has 7 aliphatic heterocycles. The zero-order valence-corrected chi connectivity index (χ0v) is 72.9. The van der Waals surface area contributed by atoms with Gasteiger partial charge in [-0.15, -0.1) is 0 Å². The highest BCUT2D eigenvalue weighted by atomic mass is 35.5. The average Bonchev–Trinajstić information content (AvgIpc) is 0.760. The summed E-state index contributed by atoms with van der Waals surface area (Å²) in [5.74, 6) is -13.2. The van der Waals surface area contributed by atoms with Crippen LogP contribution in [-0.4, -0.2) is 226 Å². The van der Waals surface area contributed by atoms with Gasteiger partial charge in [-0.25, -0.2) is 17.9 Å². The molecule has 6 aromatic carbocycles. The third-order valence-corrected chi connectivity index (χ3v) is 25.9. The van der Waals surface area contributed by atoms with Gasteiger partial charge in [0.1, 0.15) is 101 Å². The van der Waals surface area contributed by atoms with Crippen LogP contribution in [0.2, 0.25) is 5.02 Å². The van der Waals surface area contributed by atoms with Crippen LogP contribution >= 0.6 is 11.6 Å². The summed E-state index contributed by atoms with van der Waals surface area (Å²) in [7, 11) is -1.99. The number of benzene rings is 6. The zero-order valence-electron chi connectivity index (χ0n) is 71.3. The van der Waals surface area contributed by atoms with Crippen LogP contribution in [0.4, 0.5) is 10.5 Å². The molecular weight excluding hydrogens is 1720 g/mol. The Morgan fingerprint density at radius 3 is 1.98 bits per heavy atom. The monoisotopic (exact) mass is 1830 g/mol. The predicted molar refractivity (Wildman–Crippen MR) is 458 cm³/mol. The number of amides is 10. The maximum atomic E-state index is 16.7. The highest BCUT2D eigenvalue weighted by Gasteiger charge is 2.53. The molecule has 694 valence electrons. The molecule has 2 saturated heterocycles. The summed E-state index contributed by atoms with van der Waals surface area (Å²) in [4.78, 5) is 139. The molecule has 6 aromatic rings. The lowest BCUT2D eigenvalue weighted by Crippen LogP contribution is -2.64. The van der Waals surface area contributed by atoms with Crippen LogP contribution in [0.25, 0.3) is 11.1 Å². The molecule has 41 heteroatoms. The standard InChI is InChI=1S/C88H107ClN12O27S/c1-37(2)21-54(91-6)79(112)100-70-72(107)43-10-17-58(38(3)22-43)124-60-30-47-31-61(76(60)128-86-77(75(110)74(109)62(36-102)126-86)127-64-35-88(5,90)78(111)39(4)123-64)125-59-18-11-44(29-53(59)89)73(108)71-85(118)99-69(83(116)96-66-45-24-40-23-41(26-45)27-46(66)25-40)52-32-49(103)33-57(105)65(52)51-28-42(9-16-56(51)104)67(81(114)101-71)98-82(115)68(47)97-80(113)55(94-84(70)117)34-63(106)95-87(119)93-48-12-14-50(15-13-48)122-20-8-19-92-129(7,120)121/h9-18,22,28-33,37,39-41,45-46,54-55,62,64,66-75,77-78,86,91-92,102-105,107-111H,8,19-21,23-27,34-36,90H2,1-7H3,(H,94,117)(H,96,116)(H,97,113)(H,98,115)(H,99,118)(H,100,112)(H,101,114)(H2,93,95,106,119)/t39-,40?,41?,45?,46?,54+,55-,62+,64-,66?,67+,68+,69-,70+,71-,72+,73+,74+,75-,77+,78+,86-,88-/m0/s1. The quantitative estimate of drug-likeness (QED) is 0.0461. The molecule has 10 amide bonds. The summed E-state index contributed by atoms with van der Waals surface area (Å²) >= 11 is 7.30. The average molecular weight is 1830 g/mol. The van der Waals surface area contributed by atoms with E-state index in [0.717, 1.165) is 86.9 Å². The number of likely N-dealkylation sites (N-methyl/N-ethyl adjacent to an activating group) is 1. The molecule has 129 heavy (non-hydrogen) atoms. The van der Waals surface area contributed by atoms with Gasteiger partial charge < -0.3 is 133 Å². The number of imide groups is 1. The Balaban J connectivity index is 0.937. The third-order valence-electron chi connectivity index (χ3n) is 24.9. The van der Waals surface area contributed by atoms with E-state index in [4.69, 9.17) is 50.5 Å². The van der Waals surface area contributed by atoms with Crippen molar-refractivity contribution < 1.29 is 131 Å². The maximum Gasteiger partial charge on any atom is 0.325 e. The SMILES string of the molecule is CN[C@H](CC(C)C)C(=O)N[C@H]1C(=O)N[C@@H](CC(=O)NC(=O)Nc2ccc(OCCCNS(C)(=O)=O)cc2)C(=O)N[C@H]2C(=O)N[C@H]3C(=O)N[C@H](C(=O)N[C@H](C(=O)NC4C5CC6CC(C5)CC4C6)c4cc(O)cc(O)c4-c4cc3ccc4O)[C@H](O)c3ccc(c(Cl)c3)Oc3cc2cc(c3O[C@@H]2O[C@H](CO)[C@@H](O)[C@H](O)[C@H]2O[C@H]2C[C@](C)(N)[C@H](O)[C@H](C)O2)Oc2ccc(cc2C)[C@H]1O. The lowest BCUT2D eigenvalue weighted by molar-refractivity contribution is -0.333. The van der Waals surface area contributed by atoms with Gasteiger partial charge in [0.15, 0.2) is 23.9 Å². The number of aryl methyl sites for hydroxylation is 1. The van der Waals surface area contributed by atoms with E-state index in [9.17, 15) is 68.8 Å². The summed E-state index contributed by atoms with van der Waals surface area (Å²) in [5, 5.41) is 133. The van der Waals surface area contributed by atoms with Crippen LogP contribution in [0.3, 0.4) is 0 Å². The first-order chi connectivity index (χ1) is 61.2. The van der Waals surface area contributed by atoms with Crippen LogP contribution in [0.5, 0.6) is 51.7 Å². The predicted octanol–water partition coefficient (Wildman–Crippen LogP) is 2.80. The van der Waals surface area contributed by atoms with Crippen molar-refractivity contribution in [3.05, 3.63) is 142 Å². The van der Waals surface area contributed by atoms with E-state index in [0.29, 0.717) is 17.6 Å². The van der Waals surface area contributed by atoms with Gasteiger partial charge >= 0.3 is 6.03 Å². The van der Waals surface area contributed by atoms with E-state index in [1.165, 1.54) is 82.4 Å². The second-order valence-electron chi connectivity index (χ2n) is 35.1. The van der Waals surface area contributed by atoms with Gasteiger partial charge in [-0.1, -0.05) is 43.6 Å². The molecule has 6 fully saturated rings. The molecule has 0 radical (unpaired) electrons. The van der Waals surface area contributed by atoms with E-state index in [1.54, 1.807) is 0 Å². The second-order valence-corrected chi connectivity index (χ2v) is 37.3. The number of aliphatic hydroxyl groups excluding tert-OH is 6. The molecule has 0 aromatic heterocycles. The summed E-state index contributed by atoms with van der Waals surface area (Å²) in [6, 6.07) is 4.71. The number of anilines is 1. The van der Waals surface area contributed by atoms with E-state index in [1.807, 2.05) is 13.8 Å². The highest BCUT2D eigenvalue weighted by Crippen LogP contribution is 2.55. The number of carbonyl (C=O) groups excluding carboxylic acids is 9. The summed E-state index contributed by atoms with van der Waals surface area (Å²) in [6.07, 6.45) is -13.3. The molecular formula is C88H107ClN12O27S. The molecule has 39 nitrogen and oxygen atoms in total. The number of urea groups is 1. The Bertz CT molecular complexity index is 5370. The summed E-state index contributed by atoms with van der Waals surface area (Å²) in [5.41, 5.74) is 3.22. The van der Waals surface area contributed by atoms with Crippen LogP contribution in [0.1, 0.15) is 149 Å². The number of hydrogen-bond donors (Lipinski definition) is 21. The van der Waals surface area contributed by atoms with Crippen molar-refractivity contribution in [3.63, 3.8) is 0 Å². The van der Waals surface area contributed by atoms with Gasteiger partial charge in [-0.3, -0.25) is 43.7 Å². The highest BCUT2D eigenvalue weighted by molar-refractivity contribution is 7.88. The van der Waals surface area contributed by atoms with Crippen molar-refractivity contribution in [2.45, 2.75) is 208 Å². The van der Waals surface area contributed by atoms with Gasteiger partial charge in [0, 0.05) is 47.4 Å². The minimum Gasteiger partial charge on any atom is -0.508 e. The number of halogens is 1. The summed E-state index contributed by atoms with van der Waals surface area (Å²) in [6.45, 7) is 7.33. The topological polar surface area (TPSA) is 593 Å². The molecule has 18 atom stereocenters. The van der Waals surface area contributed by atoms with Crippen molar-refractivity contribution in [1.29, 1.82) is 0 Å². The molecule has 0 unspecified atom stereocenters. The van der Waals surface area contributed by atoms with Gasteiger partial charge in [-0.05, 0) is 215 Å². The van der Waals surface area contributed by atoms with Gasteiger partial charge in [0.25, 0.3) is 0 Å². The van der Waals surface area contributed by atoms with Crippen molar-refractivity contribution in [3.8, 4) is 62.9 Å². The van der Waals surface area contributed by atoms with Crippen molar-refractivity contribution >= 4 is 80.6 Å². The fourth-order valence-electron chi connectivity index (χ4n) is 18.6. The number of hydrogen-bond acceptors (Lipinski definition) is 29. The van der Waals surface area contributed by atoms with E-state index in [-0.39, 0.29) is 106 Å². The number of nitrogens with one attached hydrogen (secondary N) is 11. The lowest BCUT2D eigenvalue weighted by atomic mass is 9.54. The number of fused-ring (bicyclic) bond motifs is 15. The van der Waals surface area contributed by atoms with Crippen molar-refractivity contribution in [2.24, 2.45) is 35.3 Å². The van der Waals surface area contributed by atoms with Gasteiger partial charge in [-0.2, -0.15) is 0 Å². The molecule has 4 aliphatic carbocycles. The van der Waals surface area contributed by atoms with E-state index in [2.05, 4.69) is 57.9 Å². The Labute approximate surface area is 745 Å². The molecule has 4 saturated carbocycles. The maximum absolute atomic E-state index is 16.7. The largest absolute Gasteiger partial charge is 0.508 e. The van der Waals surface area contributed by atoms with Crippen LogP contribution in [0.15, 0.2) is 103 Å². The first-order valence-electron chi connectivity index (χ1n) is 42.5. The Morgan fingerprint density at radius 2 is 1.34 bits per heavy atom. The van der Waals surface area contributed by atoms with Crippen LogP contribution in [0, 0.1) is 36.5 Å². The smallest absolute Gasteiger partial charge is 0.325 e. The third kappa shape index (κ3) is 21.2. The number of rotatable bonds is 21. The molecule has 7 heterocycles. The number of carbonyl (C=O) groups is 9. The Hall–Kier alpha value is -11.1. The number of aromatic hydroxyl groups is 3. The number of phenols is 3. The Morgan fingerprint density at radius 1 is 0.698 bits per heavy atom. The summed E-state index contributed by atoms with van der Waals surface area (Å²) < 4.78 is 70.5. The minimum absolute atomic E-state index is 0.0472. The molecule has 22 N–H and O–H groups in total. The van der Waals surface area contributed by atoms with E-state index >= 15 is 28.8 Å². The fourth-order valence-corrected chi connectivity index (χ4v) is 19.3. The zero-order chi connectivity index (χ0) is 92.7. The van der Waals surface area contributed by atoms with Crippen molar-refractivity contribution in [1.82, 2.24) is 52.6 Å². The molecule has 11 aliphatic rings. The van der Waals surface area contributed by atoms with Crippen molar-refractivity contribution in [2.75, 3.05) is 38.4 Å².